The minimum absolute atomic E-state index is 0.243. The topological polar surface area (TPSA) is 114 Å². The Kier molecular flexibility index (Phi) is 4.35. The summed E-state index contributed by atoms with van der Waals surface area (Å²) in [7, 11) is -3.54. The molecule has 0 saturated heterocycles. The lowest BCUT2D eigenvalue weighted by atomic mass is 10.0. The second-order valence-electron chi connectivity index (χ2n) is 4.42. The number of aliphatic carboxylic acids is 1. The standard InChI is InChI=1S/C11H15NO6S/c1-6(2)9(11(14)15)12-10(13)7-4-5-8(18-7)19(3,16)17/h4-6,9H,1-3H3,(H,12,13)(H,14,15)/t9-/m0/s1. The molecule has 1 aromatic rings. The third kappa shape index (κ3) is 3.82. The zero-order valence-corrected chi connectivity index (χ0v) is 11.5. The molecule has 2 N–H and O–H groups in total. The Morgan fingerprint density at radius 2 is 1.89 bits per heavy atom. The van der Waals surface area contributed by atoms with E-state index >= 15 is 0 Å². The van der Waals surface area contributed by atoms with E-state index < -0.39 is 27.8 Å². The zero-order valence-electron chi connectivity index (χ0n) is 10.7. The lowest BCUT2D eigenvalue weighted by Gasteiger charge is -2.16. The Labute approximate surface area is 110 Å². The van der Waals surface area contributed by atoms with E-state index in [0.717, 1.165) is 12.3 Å². The summed E-state index contributed by atoms with van der Waals surface area (Å²) in [5.74, 6) is -2.49. The molecule has 0 saturated carbocycles. The molecule has 0 aliphatic carbocycles. The largest absolute Gasteiger partial charge is 0.480 e. The van der Waals surface area contributed by atoms with Gasteiger partial charge in [-0.1, -0.05) is 13.8 Å². The van der Waals surface area contributed by atoms with Crippen LogP contribution in [0.2, 0.25) is 0 Å². The van der Waals surface area contributed by atoms with Crippen molar-refractivity contribution in [2.45, 2.75) is 25.0 Å². The first-order valence-corrected chi connectivity index (χ1v) is 7.35. The van der Waals surface area contributed by atoms with E-state index in [1.165, 1.54) is 6.07 Å². The quantitative estimate of drug-likeness (QED) is 0.817. The first-order valence-electron chi connectivity index (χ1n) is 5.46. The van der Waals surface area contributed by atoms with Crippen molar-refractivity contribution in [3.63, 3.8) is 0 Å². The maximum Gasteiger partial charge on any atom is 0.326 e. The number of carbonyl (C=O) groups excluding carboxylic acids is 1. The van der Waals surface area contributed by atoms with E-state index in [1.54, 1.807) is 13.8 Å². The fraction of sp³-hybridized carbons (Fsp3) is 0.455. The van der Waals surface area contributed by atoms with Crippen molar-refractivity contribution in [1.29, 1.82) is 0 Å². The van der Waals surface area contributed by atoms with Gasteiger partial charge in [0.2, 0.25) is 14.9 Å². The Hall–Kier alpha value is -1.83. The molecule has 0 aromatic carbocycles. The molecule has 106 valence electrons. The summed E-state index contributed by atoms with van der Waals surface area (Å²) in [5, 5.41) is 10.9. The summed E-state index contributed by atoms with van der Waals surface area (Å²) in [6, 6.07) is 1.26. The van der Waals surface area contributed by atoms with Crippen LogP contribution in [0.15, 0.2) is 21.6 Å². The van der Waals surface area contributed by atoms with E-state index in [1.807, 2.05) is 0 Å². The number of nitrogens with one attached hydrogen (secondary N) is 1. The Balaban J connectivity index is 2.90. The van der Waals surface area contributed by atoms with Crippen molar-refractivity contribution < 1.29 is 27.5 Å². The van der Waals surface area contributed by atoms with Crippen molar-refractivity contribution in [3.05, 3.63) is 17.9 Å². The molecule has 1 heterocycles. The Morgan fingerprint density at radius 3 is 2.26 bits per heavy atom. The van der Waals surface area contributed by atoms with Gasteiger partial charge in [-0.15, -0.1) is 0 Å². The molecule has 19 heavy (non-hydrogen) atoms. The van der Waals surface area contributed by atoms with Crippen LogP contribution in [0.3, 0.4) is 0 Å². The molecule has 0 aliphatic heterocycles. The molecule has 7 nitrogen and oxygen atoms in total. The average Bonchev–Trinajstić information content (AvgIpc) is 2.73. The number of hydrogen-bond acceptors (Lipinski definition) is 5. The average molecular weight is 289 g/mol. The second kappa shape index (κ2) is 5.43. The van der Waals surface area contributed by atoms with E-state index in [0.29, 0.717) is 0 Å². The van der Waals surface area contributed by atoms with Crippen LogP contribution in [-0.2, 0) is 14.6 Å². The molecule has 0 radical (unpaired) electrons. The highest BCUT2D eigenvalue weighted by molar-refractivity contribution is 7.90. The van der Waals surface area contributed by atoms with Crippen molar-refractivity contribution >= 4 is 21.7 Å². The molecule has 0 fully saturated rings. The van der Waals surface area contributed by atoms with Gasteiger partial charge in [0, 0.05) is 6.26 Å². The summed E-state index contributed by atoms with van der Waals surface area (Å²) in [6.45, 7) is 3.28. The number of carboxylic acid groups (broad SMARTS) is 1. The highest BCUT2D eigenvalue weighted by atomic mass is 32.2. The molecule has 1 rings (SSSR count). The van der Waals surface area contributed by atoms with Crippen LogP contribution in [0.1, 0.15) is 24.4 Å². The maximum absolute atomic E-state index is 11.7. The minimum atomic E-state index is -3.54. The molecular formula is C11H15NO6S. The van der Waals surface area contributed by atoms with Crippen LogP contribution in [-0.4, -0.2) is 37.7 Å². The Bertz CT molecular complexity index is 586. The van der Waals surface area contributed by atoms with Gasteiger partial charge in [0.1, 0.15) is 6.04 Å². The maximum atomic E-state index is 11.7. The molecule has 1 atom stereocenters. The van der Waals surface area contributed by atoms with E-state index in [4.69, 9.17) is 9.52 Å². The molecular weight excluding hydrogens is 274 g/mol. The van der Waals surface area contributed by atoms with E-state index in [9.17, 15) is 18.0 Å². The van der Waals surface area contributed by atoms with Gasteiger partial charge in [-0.3, -0.25) is 4.79 Å². The summed E-state index contributed by atoms with van der Waals surface area (Å²) >= 11 is 0. The number of sulfone groups is 1. The highest BCUT2D eigenvalue weighted by Gasteiger charge is 2.26. The van der Waals surface area contributed by atoms with Crippen LogP contribution in [0.4, 0.5) is 0 Å². The van der Waals surface area contributed by atoms with Gasteiger partial charge in [0.05, 0.1) is 0 Å². The lowest BCUT2D eigenvalue weighted by molar-refractivity contribution is -0.140. The van der Waals surface area contributed by atoms with Crippen LogP contribution in [0.25, 0.3) is 0 Å². The molecule has 0 spiro atoms. The van der Waals surface area contributed by atoms with Crippen LogP contribution < -0.4 is 5.32 Å². The van der Waals surface area contributed by atoms with Gasteiger partial charge < -0.3 is 14.8 Å². The van der Waals surface area contributed by atoms with Gasteiger partial charge in [-0.2, -0.15) is 0 Å². The summed E-state index contributed by atoms with van der Waals surface area (Å²) in [6.07, 6.45) is 0.946. The highest BCUT2D eigenvalue weighted by Crippen LogP contribution is 2.14. The van der Waals surface area contributed by atoms with Gasteiger partial charge in [-0.05, 0) is 18.1 Å². The third-order valence-corrected chi connectivity index (χ3v) is 3.34. The normalized spacial score (nSPS) is 13.3. The number of furan rings is 1. The fourth-order valence-corrected chi connectivity index (χ4v) is 1.92. The number of carboxylic acids is 1. The number of carbonyl (C=O) groups is 2. The van der Waals surface area contributed by atoms with Crippen molar-refractivity contribution in [1.82, 2.24) is 5.32 Å². The summed E-state index contributed by atoms with van der Waals surface area (Å²) < 4.78 is 27.3. The van der Waals surface area contributed by atoms with Gasteiger partial charge in [0.25, 0.3) is 5.91 Å². The van der Waals surface area contributed by atoms with Crippen molar-refractivity contribution in [2.24, 2.45) is 5.92 Å². The smallest absolute Gasteiger partial charge is 0.326 e. The number of hydrogen-bond donors (Lipinski definition) is 2. The SMILES string of the molecule is CC(C)[C@H](NC(=O)c1ccc(S(C)(=O)=O)o1)C(=O)O. The Morgan fingerprint density at radius 1 is 1.32 bits per heavy atom. The molecule has 1 amide bonds. The lowest BCUT2D eigenvalue weighted by Crippen LogP contribution is -2.44. The molecule has 0 unspecified atom stereocenters. The number of amides is 1. The van der Waals surface area contributed by atoms with Gasteiger partial charge >= 0.3 is 5.97 Å². The van der Waals surface area contributed by atoms with E-state index in [-0.39, 0.29) is 16.8 Å². The fourth-order valence-electron chi connectivity index (χ4n) is 1.37. The minimum Gasteiger partial charge on any atom is -0.480 e. The monoisotopic (exact) mass is 289 g/mol. The van der Waals surface area contributed by atoms with Crippen molar-refractivity contribution in [2.75, 3.05) is 6.26 Å². The molecule has 0 aliphatic rings. The third-order valence-electron chi connectivity index (χ3n) is 2.39. The summed E-state index contributed by atoms with van der Waals surface area (Å²) in [5.41, 5.74) is 0. The first kappa shape index (κ1) is 15.2. The van der Waals surface area contributed by atoms with Crippen LogP contribution in [0, 0.1) is 5.92 Å². The predicted octanol–water partition coefficient (Wildman–Crippen LogP) is 0.522. The zero-order chi connectivity index (χ0) is 14.8. The van der Waals surface area contributed by atoms with Crippen LogP contribution >= 0.6 is 0 Å². The number of rotatable bonds is 5. The molecule has 1 aromatic heterocycles. The molecule has 0 bridgehead atoms. The van der Waals surface area contributed by atoms with Crippen LogP contribution in [0.5, 0.6) is 0 Å². The molecule has 8 heteroatoms. The second-order valence-corrected chi connectivity index (χ2v) is 6.37. The predicted molar refractivity (Wildman–Crippen MR) is 65.5 cm³/mol. The summed E-state index contributed by atoms with van der Waals surface area (Å²) in [4.78, 5) is 22.7. The van der Waals surface area contributed by atoms with E-state index in [2.05, 4.69) is 5.32 Å². The van der Waals surface area contributed by atoms with Crippen molar-refractivity contribution in [3.8, 4) is 0 Å². The first-order chi connectivity index (χ1) is 8.62. The van der Waals surface area contributed by atoms with Gasteiger partial charge in [0.15, 0.2) is 5.76 Å². The van der Waals surface area contributed by atoms with Gasteiger partial charge in [-0.25, -0.2) is 13.2 Å².